The molecule has 2 aliphatic carbocycles. The Morgan fingerprint density at radius 2 is 1.62 bits per heavy atom. The number of Topliss-reactive ketones (excluding diaryl/α,β-unsaturated/α-hetero) is 1. The number of benzene rings is 2. The van der Waals surface area contributed by atoms with Gasteiger partial charge >= 0.3 is 0 Å². The Morgan fingerprint density at radius 3 is 2.12 bits per heavy atom. The van der Waals surface area contributed by atoms with Crippen molar-refractivity contribution in [1.29, 1.82) is 0 Å². The van der Waals surface area contributed by atoms with Gasteiger partial charge < -0.3 is 20.3 Å². The molecule has 32 heavy (non-hydrogen) atoms. The molecule has 2 bridgehead atoms. The number of carboxylic acid groups (broad SMARTS) is 1. The van der Waals surface area contributed by atoms with Crippen molar-refractivity contribution in [3.8, 4) is 0 Å². The number of hydrogen-bond donors (Lipinski definition) is 2. The van der Waals surface area contributed by atoms with Crippen LogP contribution >= 0.6 is 0 Å². The van der Waals surface area contributed by atoms with Crippen LogP contribution in [-0.4, -0.2) is 28.4 Å². The number of aliphatic carboxylic acids is 1. The minimum absolute atomic E-state index is 0.0443. The second-order valence-electron chi connectivity index (χ2n) is 9.83. The number of aliphatic hydroxyl groups is 1. The summed E-state index contributed by atoms with van der Waals surface area (Å²) in [4.78, 5) is 38.7. The number of carbonyl (C=O) groups is 3. The highest BCUT2D eigenvalue weighted by Crippen LogP contribution is 2.69. The number of carboxylic acids is 1. The van der Waals surface area contributed by atoms with E-state index in [0.717, 1.165) is 0 Å². The van der Waals surface area contributed by atoms with E-state index in [1.54, 1.807) is 67.6 Å². The van der Waals surface area contributed by atoms with Crippen LogP contribution in [0.3, 0.4) is 0 Å². The maximum absolute atomic E-state index is 13.0. The maximum atomic E-state index is 13.0. The SMILES string of the molecule is CC1(C)C2CC(=O)C1(C)C(C(O)(C(=O)[O-])[C@@H](NC(=O)c1ccccc1)c1ccccc1)C2. The molecular formula is C26H28NO5-. The molecule has 6 nitrogen and oxygen atoms in total. The van der Waals surface area contributed by atoms with Crippen molar-refractivity contribution in [3.63, 3.8) is 0 Å². The lowest BCUT2D eigenvalue weighted by molar-refractivity contribution is -0.333. The molecule has 4 rings (SSSR count). The second kappa shape index (κ2) is 7.55. The van der Waals surface area contributed by atoms with Gasteiger partial charge in [-0.25, -0.2) is 0 Å². The summed E-state index contributed by atoms with van der Waals surface area (Å²) in [5.74, 6) is -3.22. The van der Waals surface area contributed by atoms with Crippen molar-refractivity contribution >= 4 is 17.7 Å². The van der Waals surface area contributed by atoms with E-state index in [-0.39, 0.29) is 11.7 Å². The van der Waals surface area contributed by atoms with Crippen LogP contribution < -0.4 is 10.4 Å². The van der Waals surface area contributed by atoms with Crippen LogP contribution in [0, 0.1) is 22.7 Å². The molecule has 2 aliphatic rings. The first-order chi connectivity index (χ1) is 15.0. The molecule has 0 radical (unpaired) electrons. The first-order valence-corrected chi connectivity index (χ1v) is 10.9. The molecule has 2 N–H and O–H groups in total. The number of amides is 1. The number of nitrogens with one attached hydrogen (secondary N) is 1. The van der Waals surface area contributed by atoms with Crippen LogP contribution in [0.15, 0.2) is 60.7 Å². The van der Waals surface area contributed by atoms with Crippen molar-refractivity contribution in [2.75, 3.05) is 0 Å². The summed E-state index contributed by atoms with van der Waals surface area (Å²) >= 11 is 0. The van der Waals surface area contributed by atoms with Gasteiger partial charge in [-0.15, -0.1) is 0 Å². The highest BCUT2D eigenvalue weighted by Gasteiger charge is 2.71. The monoisotopic (exact) mass is 434 g/mol. The summed E-state index contributed by atoms with van der Waals surface area (Å²) in [6.07, 6.45) is 0.736. The molecule has 0 aromatic heterocycles. The van der Waals surface area contributed by atoms with Gasteiger partial charge in [-0.2, -0.15) is 0 Å². The molecule has 5 atom stereocenters. The third-order valence-electron chi connectivity index (χ3n) is 8.33. The maximum Gasteiger partial charge on any atom is 0.251 e. The Balaban J connectivity index is 1.83. The van der Waals surface area contributed by atoms with Crippen LogP contribution in [0.2, 0.25) is 0 Å². The lowest BCUT2D eigenvalue weighted by Gasteiger charge is -2.49. The molecule has 2 saturated carbocycles. The van der Waals surface area contributed by atoms with Gasteiger partial charge in [0.2, 0.25) is 0 Å². The van der Waals surface area contributed by atoms with E-state index < -0.39 is 40.3 Å². The van der Waals surface area contributed by atoms with E-state index in [9.17, 15) is 24.6 Å². The molecular weight excluding hydrogens is 406 g/mol. The predicted molar refractivity (Wildman–Crippen MR) is 116 cm³/mol. The first-order valence-electron chi connectivity index (χ1n) is 10.9. The standard InChI is InChI=1S/C26H29NO5/c1-24(2)18-14-19(25(24,3)20(28)15-18)26(32,23(30)31)21(16-10-6-4-7-11-16)27-22(29)17-12-8-5-9-13-17/h4-13,18-19,21,32H,14-15H2,1-3H3,(H,27,29)(H,30,31)/p-1/t18?,19?,21-,25?,26?/m0/s1. The van der Waals surface area contributed by atoms with Gasteiger partial charge in [0.25, 0.3) is 5.91 Å². The van der Waals surface area contributed by atoms with Crippen LogP contribution in [0.5, 0.6) is 0 Å². The Labute approximate surface area is 187 Å². The van der Waals surface area contributed by atoms with Crippen LogP contribution in [0.4, 0.5) is 0 Å². The van der Waals surface area contributed by atoms with Gasteiger partial charge in [0.05, 0.1) is 12.0 Å². The molecule has 168 valence electrons. The average Bonchev–Trinajstić information content (AvgIpc) is 3.09. The van der Waals surface area contributed by atoms with Crippen LogP contribution in [0.25, 0.3) is 0 Å². The number of fused-ring (bicyclic) bond motifs is 2. The molecule has 2 aromatic rings. The van der Waals surface area contributed by atoms with Crippen molar-refractivity contribution in [3.05, 3.63) is 71.8 Å². The number of ketones is 1. The van der Waals surface area contributed by atoms with E-state index in [2.05, 4.69) is 5.32 Å². The Morgan fingerprint density at radius 1 is 1.06 bits per heavy atom. The molecule has 1 amide bonds. The summed E-state index contributed by atoms with van der Waals surface area (Å²) in [6.45, 7) is 5.67. The van der Waals surface area contributed by atoms with E-state index in [1.807, 2.05) is 13.8 Å². The molecule has 4 unspecified atom stereocenters. The van der Waals surface area contributed by atoms with Gasteiger partial charge in [-0.05, 0) is 35.4 Å². The van der Waals surface area contributed by atoms with Gasteiger partial charge in [0, 0.05) is 23.3 Å². The normalized spacial score (nSPS) is 28.7. The van der Waals surface area contributed by atoms with Gasteiger partial charge in [0.15, 0.2) is 0 Å². The predicted octanol–water partition coefficient (Wildman–Crippen LogP) is 2.28. The molecule has 6 heteroatoms. The molecule has 2 aromatic carbocycles. The fourth-order valence-corrected chi connectivity index (χ4v) is 5.99. The zero-order valence-corrected chi connectivity index (χ0v) is 18.5. The van der Waals surface area contributed by atoms with Gasteiger partial charge in [0.1, 0.15) is 11.4 Å². The lowest BCUT2D eigenvalue weighted by Crippen LogP contribution is -2.65. The van der Waals surface area contributed by atoms with Gasteiger partial charge in [-0.1, -0.05) is 69.3 Å². The second-order valence-corrected chi connectivity index (χ2v) is 9.83. The summed E-state index contributed by atoms with van der Waals surface area (Å²) in [5, 5.41) is 27.3. The van der Waals surface area contributed by atoms with E-state index in [0.29, 0.717) is 24.0 Å². The third-order valence-corrected chi connectivity index (χ3v) is 8.33. The fraction of sp³-hybridized carbons (Fsp3) is 0.423. The van der Waals surface area contributed by atoms with Gasteiger partial charge in [-0.3, -0.25) is 9.59 Å². The van der Waals surface area contributed by atoms with Crippen LogP contribution in [-0.2, 0) is 9.59 Å². The Hall–Kier alpha value is -2.99. The highest BCUT2D eigenvalue weighted by molar-refractivity contribution is 5.95. The zero-order chi connectivity index (χ0) is 23.3. The number of rotatable bonds is 6. The average molecular weight is 435 g/mol. The van der Waals surface area contributed by atoms with Crippen molar-refractivity contribution < 1.29 is 24.6 Å². The smallest absolute Gasteiger partial charge is 0.251 e. The number of hydrogen-bond acceptors (Lipinski definition) is 5. The molecule has 2 fully saturated rings. The van der Waals surface area contributed by atoms with E-state index in [4.69, 9.17) is 0 Å². The van der Waals surface area contributed by atoms with E-state index in [1.165, 1.54) is 0 Å². The van der Waals surface area contributed by atoms with Crippen molar-refractivity contribution in [1.82, 2.24) is 5.32 Å². The summed E-state index contributed by atoms with van der Waals surface area (Å²) < 4.78 is 0. The Bertz CT molecular complexity index is 1050. The van der Waals surface area contributed by atoms with E-state index >= 15 is 0 Å². The molecule has 0 spiro atoms. The van der Waals surface area contributed by atoms with Crippen molar-refractivity contribution in [2.24, 2.45) is 22.7 Å². The Kier molecular flexibility index (Phi) is 5.24. The van der Waals surface area contributed by atoms with Crippen molar-refractivity contribution in [2.45, 2.75) is 45.3 Å². The summed E-state index contributed by atoms with van der Waals surface area (Å²) in [6, 6.07) is 15.6. The number of carbonyl (C=O) groups excluding carboxylic acids is 3. The summed E-state index contributed by atoms with van der Waals surface area (Å²) in [7, 11) is 0. The molecule has 0 heterocycles. The topological polar surface area (TPSA) is 107 Å². The largest absolute Gasteiger partial charge is 0.547 e. The lowest BCUT2D eigenvalue weighted by atomic mass is 9.59. The summed E-state index contributed by atoms with van der Waals surface area (Å²) in [5.41, 5.74) is -3.26. The zero-order valence-electron chi connectivity index (χ0n) is 18.5. The molecule has 0 aliphatic heterocycles. The fourth-order valence-electron chi connectivity index (χ4n) is 5.99. The van der Waals surface area contributed by atoms with Crippen LogP contribution in [0.1, 0.15) is 55.6 Å². The highest BCUT2D eigenvalue weighted by atomic mass is 16.4. The molecule has 0 saturated heterocycles. The minimum atomic E-state index is -2.48. The quantitative estimate of drug-likeness (QED) is 0.726. The third kappa shape index (κ3) is 3.00. The first kappa shape index (κ1) is 22.2. The minimum Gasteiger partial charge on any atom is -0.547 e.